The van der Waals surface area contributed by atoms with Crippen molar-refractivity contribution in [1.29, 1.82) is 0 Å². The van der Waals surface area contributed by atoms with Gasteiger partial charge in [0.1, 0.15) is 5.60 Å². The Balaban J connectivity index is 1.51. The van der Waals surface area contributed by atoms with Crippen LogP contribution in [0.15, 0.2) is 78.9 Å². The topological polar surface area (TPSA) is 23.5 Å². The van der Waals surface area contributed by atoms with Gasteiger partial charge in [-0.2, -0.15) is 26.3 Å². The van der Waals surface area contributed by atoms with Crippen LogP contribution in [0.2, 0.25) is 0 Å². The highest BCUT2D eigenvalue weighted by molar-refractivity contribution is 5.41. The van der Waals surface area contributed by atoms with Crippen molar-refractivity contribution in [1.82, 2.24) is 4.90 Å². The number of halogens is 6. The molecular weight excluding hydrogens is 504 g/mol. The minimum Gasteiger partial charge on any atom is -0.380 e. The first-order valence-electron chi connectivity index (χ1n) is 12.8. The van der Waals surface area contributed by atoms with Crippen LogP contribution in [0.4, 0.5) is 26.3 Å². The zero-order chi connectivity index (χ0) is 27.1. The maximum Gasteiger partial charge on any atom is 0.416 e. The smallest absolute Gasteiger partial charge is 0.380 e. The lowest BCUT2D eigenvalue weighted by molar-refractivity contribution is -0.138. The van der Waals surface area contributed by atoms with Crippen LogP contribution in [0.3, 0.4) is 0 Å². The van der Waals surface area contributed by atoms with Gasteiger partial charge in [-0.15, -0.1) is 0 Å². The highest BCUT2D eigenvalue weighted by Gasteiger charge is 2.48. The molecule has 5 rings (SSSR count). The van der Waals surface area contributed by atoms with E-state index in [9.17, 15) is 31.4 Å². The van der Waals surface area contributed by atoms with Gasteiger partial charge in [0.15, 0.2) is 0 Å². The fraction of sp³-hybridized carbons (Fsp3) is 0.400. The van der Waals surface area contributed by atoms with Gasteiger partial charge in [0.05, 0.1) is 11.1 Å². The number of aliphatic hydroxyl groups is 1. The summed E-state index contributed by atoms with van der Waals surface area (Å²) in [5.41, 5.74) is -1.73. The van der Waals surface area contributed by atoms with Crippen molar-refractivity contribution in [3.05, 3.63) is 107 Å². The van der Waals surface area contributed by atoms with E-state index in [4.69, 9.17) is 0 Å². The Kier molecular flexibility index (Phi) is 7.07. The molecule has 2 fully saturated rings. The third-order valence-electron chi connectivity index (χ3n) is 8.23. The average Bonchev–Trinajstić information content (AvgIpc) is 2.88. The van der Waals surface area contributed by atoms with Gasteiger partial charge >= 0.3 is 12.4 Å². The molecule has 0 saturated carbocycles. The van der Waals surface area contributed by atoms with Crippen LogP contribution < -0.4 is 0 Å². The molecule has 2 heterocycles. The first kappa shape index (κ1) is 26.8. The summed E-state index contributed by atoms with van der Waals surface area (Å²) in [5.74, 6) is -0.377. The lowest BCUT2D eigenvalue weighted by Gasteiger charge is -2.52. The number of benzene rings is 3. The normalized spacial score (nSPS) is 22.9. The lowest BCUT2D eigenvalue weighted by Crippen LogP contribution is -2.55. The third-order valence-corrected chi connectivity index (χ3v) is 8.23. The number of hydrogen-bond donors (Lipinski definition) is 1. The molecule has 0 radical (unpaired) electrons. The summed E-state index contributed by atoms with van der Waals surface area (Å²) in [6, 6.07) is 19.1. The Bertz CT molecular complexity index is 1150. The van der Waals surface area contributed by atoms with Gasteiger partial charge in [-0.25, -0.2) is 0 Å². The van der Waals surface area contributed by atoms with Gasteiger partial charge in [-0.05, 0) is 72.6 Å². The first-order chi connectivity index (χ1) is 18.0. The van der Waals surface area contributed by atoms with E-state index < -0.39 is 29.1 Å². The molecule has 2 unspecified atom stereocenters. The van der Waals surface area contributed by atoms with Crippen molar-refractivity contribution in [2.75, 3.05) is 0 Å². The molecule has 202 valence electrons. The largest absolute Gasteiger partial charge is 0.416 e. The van der Waals surface area contributed by atoms with Crippen LogP contribution in [-0.4, -0.2) is 22.1 Å². The van der Waals surface area contributed by atoms with Gasteiger partial charge in [0.2, 0.25) is 0 Å². The molecule has 2 bridgehead atoms. The molecule has 0 aromatic heterocycles. The van der Waals surface area contributed by atoms with E-state index in [0.717, 1.165) is 50.1 Å². The van der Waals surface area contributed by atoms with Crippen molar-refractivity contribution < 1.29 is 31.4 Å². The number of alkyl halides is 6. The summed E-state index contributed by atoms with van der Waals surface area (Å²) in [6.45, 7) is 0.766. The number of hydrogen-bond acceptors (Lipinski definition) is 2. The second-order valence-electron chi connectivity index (χ2n) is 10.5. The molecule has 0 aliphatic carbocycles. The zero-order valence-electron chi connectivity index (χ0n) is 20.6. The third kappa shape index (κ3) is 5.21. The van der Waals surface area contributed by atoms with Crippen molar-refractivity contribution in [3.63, 3.8) is 0 Å². The van der Waals surface area contributed by atoms with E-state index >= 15 is 0 Å². The molecule has 8 heteroatoms. The van der Waals surface area contributed by atoms with Crippen LogP contribution in [0.1, 0.15) is 59.9 Å². The van der Waals surface area contributed by atoms with E-state index in [1.807, 2.05) is 18.2 Å². The highest BCUT2D eigenvalue weighted by atomic mass is 19.4. The molecule has 2 nitrogen and oxygen atoms in total. The van der Waals surface area contributed by atoms with Gasteiger partial charge in [-0.1, -0.05) is 61.0 Å². The number of rotatable bonds is 5. The van der Waals surface area contributed by atoms with E-state index in [0.29, 0.717) is 12.8 Å². The summed E-state index contributed by atoms with van der Waals surface area (Å²) >= 11 is 0. The highest BCUT2D eigenvalue weighted by Crippen LogP contribution is 2.49. The quantitative estimate of drug-likeness (QED) is 0.339. The molecular formula is C30H29F6NO. The van der Waals surface area contributed by atoms with Crippen LogP contribution in [0.25, 0.3) is 0 Å². The molecule has 38 heavy (non-hydrogen) atoms. The van der Waals surface area contributed by atoms with Crippen molar-refractivity contribution in [3.8, 4) is 0 Å². The molecule has 2 aliphatic heterocycles. The van der Waals surface area contributed by atoms with E-state index in [1.165, 1.54) is 29.8 Å². The van der Waals surface area contributed by atoms with Crippen molar-refractivity contribution in [2.45, 2.75) is 68.7 Å². The molecule has 2 atom stereocenters. The number of fused-ring (bicyclic) bond motifs is 2. The molecule has 1 N–H and O–H groups in total. The summed E-state index contributed by atoms with van der Waals surface area (Å²) in [7, 11) is 0. The molecule has 3 aromatic carbocycles. The van der Waals surface area contributed by atoms with Crippen LogP contribution in [0.5, 0.6) is 0 Å². The maximum absolute atomic E-state index is 13.3. The monoisotopic (exact) mass is 533 g/mol. The van der Waals surface area contributed by atoms with Crippen molar-refractivity contribution >= 4 is 0 Å². The van der Waals surface area contributed by atoms with E-state index in [-0.39, 0.29) is 29.1 Å². The van der Waals surface area contributed by atoms with Gasteiger partial charge in [-0.3, -0.25) is 4.90 Å². The summed E-state index contributed by atoms with van der Waals surface area (Å²) in [6.07, 6.45) is -5.00. The standard InChI is InChI=1S/C30H29F6NO/c31-29(32,33)23-13-9-21(10-14-23)28(38,22-11-15-24(16-12-22)30(34,35)36)25-17-26-7-4-8-27(18-25)37(26)19-20-5-2-1-3-6-20/h1-3,5-6,9-16,25-27,38H,4,7-8,17-19H2. The first-order valence-corrected chi connectivity index (χ1v) is 12.8. The second-order valence-corrected chi connectivity index (χ2v) is 10.5. The SMILES string of the molecule is OC(c1ccc(C(F)(F)F)cc1)(c1ccc(C(F)(F)F)cc1)C1CC2CCCC(C1)N2Cc1ccccc1. The fourth-order valence-corrected chi connectivity index (χ4v) is 6.34. The van der Waals surface area contributed by atoms with E-state index in [1.54, 1.807) is 0 Å². The number of piperidine rings is 2. The Hall–Kier alpha value is -2.84. The lowest BCUT2D eigenvalue weighted by atomic mass is 9.66. The summed E-state index contributed by atoms with van der Waals surface area (Å²) < 4.78 is 79.5. The Morgan fingerprint density at radius 2 is 1.05 bits per heavy atom. The fourth-order valence-electron chi connectivity index (χ4n) is 6.34. The Labute approximate surface area is 217 Å². The van der Waals surface area contributed by atoms with Crippen LogP contribution in [0, 0.1) is 5.92 Å². The molecule has 0 spiro atoms. The predicted molar refractivity (Wildman–Crippen MR) is 132 cm³/mol. The van der Waals surface area contributed by atoms with Gasteiger partial charge in [0, 0.05) is 18.6 Å². The summed E-state index contributed by atoms with van der Waals surface area (Å²) in [4.78, 5) is 2.45. The Morgan fingerprint density at radius 1 is 0.632 bits per heavy atom. The predicted octanol–water partition coefficient (Wildman–Crippen LogP) is 7.79. The Morgan fingerprint density at radius 3 is 1.47 bits per heavy atom. The molecule has 3 aromatic rings. The van der Waals surface area contributed by atoms with Crippen LogP contribution >= 0.6 is 0 Å². The van der Waals surface area contributed by atoms with E-state index in [2.05, 4.69) is 17.0 Å². The summed E-state index contributed by atoms with van der Waals surface area (Å²) in [5, 5.41) is 12.3. The van der Waals surface area contributed by atoms with Crippen LogP contribution in [-0.2, 0) is 24.5 Å². The number of nitrogens with zero attached hydrogens (tertiary/aromatic N) is 1. The van der Waals surface area contributed by atoms with Gasteiger partial charge < -0.3 is 5.11 Å². The molecule has 2 saturated heterocycles. The van der Waals surface area contributed by atoms with Crippen molar-refractivity contribution in [2.24, 2.45) is 5.92 Å². The minimum atomic E-state index is -4.54. The average molecular weight is 534 g/mol. The van der Waals surface area contributed by atoms with Gasteiger partial charge in [0.25, 0.3) is 0 Å². The molecule has 2 aliphatic rings. The zero-order valence-corrected chi connectivity index (χ0v) is 20.6. The minimum absolute atomic E-state index is 0.156. The molecule has 0 amide bonds. The maximum atomic E-state index is 13.3. The second kappa shape index (κ2) is 10.0.